The third-order valence-corrected chi connectivity index (χ3v) is 2.02. The summed E-state index contributed by atoms with van der Waals surface area (Å²) in [5, 5.41) is 0. The molecule has 1 heterocycles. The molecule has 0 aliphatic rings. The number of carbonyl (C=O) groups excluding carboxylic acids is 1. The first-order valence-electron chi connectivity index (χ1n) is 4.71. The molecule has 1 atom stereocenters. The van der Waals surface area contributed by atoms with Crippen molar-refractivity contribution in [1.82, 2.24) is 4.68 Å². The lowest BCUT2D eigenvalue weighted by Crippen LogP contribution is -2.30. The second-order valence-corrected chi connectivity index (χ2v) is 3.67. The maximum Gasteiger partial charge on any atom is 0.240 e. The van der Waals surface area contributed by atoms with E-state index in [0.717, 1.165) is 11.4 Å². The number of nitrogens with one attached hydrogen (secondary N) is 1. The number of rotatable bonds is 3. The normalized spacial score (nSPS) is 12.6. The molecular weight excluding hydrogens is 178 g/mol. The minimum Gasteiger partial charge on any atom is -0.327 e. The highest BCUT2D eigenvalue weighted by Gasteiger charge is 2.07. The van der Waals surface area contributed by atoms with Crippen molar-refractivity contribution in [3.63, 3.8) is 0 Å². The maximum absolute atomic E-state index is 11.4. The molecule has 14 heavy (non-hydrogen) atoms. The van der Waals surface area contributed by atoms with Crippen LogP contribution in [-0.2, 0) is 4.79 Å². The van der Waals surface area contributed by atoms with E-state index in [1.54, 1.807) is 4.68 Å². The zero-order chi connectivity index (χ0) is 10.7. The largest absolute Gasteiger partial charge is 0.327 e. The van der Waals surface area contributed by atoms with Gasteiger partial charge in [0.1, 0.15) is 0 Å². The summed E-state index contributed by atoms with van der Waals surface area (Å²) >= 11 is 0. The average molecular weight is 195 g/mol. The SMILES string of the molecule is Cc1ccc(C)n1NC(=O)CC(C)N. The van der Waals surface area contributed by atoms with E-state index in [2.05, 4.69) is 5.43 Å². The predicted molar refractivity (Wildman–Crippen MR) is 56.5 cm³/mol. The number of amides is 1. The maximum atomic E-state index is 11.4. The van der Waals surface area contributed by atoms with Crippen LogP contribution < -0.4 is 11.2 Å². The Balaban J connectivity index is 2.64. The lowest BCUT2D eigenvalue weighted by molar-refractivity contribution is -0.117. The van der Waals surface area contributed by atoms with Crippen molar-refractivity contribution in [1.29, 1.82) is 0 Å². The Bertz CT molecular complexity index is 309. The Hall–Kier alpha value is -1.29. The van der Waals surface area contributed by atoms with E-state index in [4.69, 9.17) is 5.73 Å². The quantitative estimate of drug-likeness (QED) is 0.753. The highest BCUT2D eigenvalue weighted by atomic mass is 16.2. The average Bonchev–Trinajstić information content (AvgIpc) is 2.34. The van der Waals surface area contributed by atoms with Gasteiger partial charge in [-0.25, -0.2) is 0 Å². The first-order valence-corrected chi connectivity index (χ1v) is 4.71. The molecule has 1 aromatic rings. The van der Waals surface area contributed by atoms with Crippen LogP contribution in [-0.4, -0.2) is 16.6 Å². The Morgan fingerprint density at radius 3 is 2.43 bits per heavy atom. The summed E-state index contributed by atoms with van der Waals surface area (Å²) in [7, 11) is 0. The number of hydrogen-bond donors (Lipinski definition) is 2. The van der Waals surface area contributed by atoms with E-state index < -0.39 is 0 Å². The summed E-state index contributed by atoms with van der Waals surface area (Å²) in [5.74, 6) is -0.0533. The summed E-state index contributed by atoms with van der Waals surface area (Å²) in [5.41, 5.74) is 10.3. The van der Waals surface area contributed by atoms with Gasteiger partial charge in [0.2, 0.25) is 5.91 Å². The molecule has 0 aliphatic carbocycles. The zero-order valence-corrected chi connectivity index (χ0v) is 8.87. The number of aromatic nitrogens is 1. The fraction of sp³-hybridized carbons (Fsp3) is 0.500. The van der Waals surface area contributed by atoms with Gasteiger partial charge in [0.25, 0.3) is 0 Å². The van der Waals surface area contributed by atoms with Crippen LogP contribution in [0.15, 0.2) is 12.1 Å². The second-order valence-electron chi connectivity index (χ2n) is 3.67. The monoisotopic (exact) mass is 195 g/mol. The Kier molecular flexibility index (Phi) is 3.30. The number of aryl methyl sites for hydroxylation is 2. The van der Waals surface area contributed by atoms with Crippen LogP contribution in [0.3, 0.4) is 0 Å². The van der Waals surface area contributed by atoms with E-state index in [0.29, 0.717) is 6.42 Å². The van der Waals surface area contributed by atoms with Crippen LogP contribution in [0, 0.1) is 13.8 Å². The third-order valence-electron chi connectivity index (χ3n) is 2.02. The number of nitrogens with two attached hydrogens (primary N) is 1. The molecule has 0 saturated carbocycles. The van der Waals surface area contributed by atoms with Gasteiger partial charge >= 0.3 is 0 Å². The molecule has 0 saturated heterocycles. The van der Waals surface area contributed by atoms with Crippen LogP contribution in [0.4, 0.5) is 0 Å². The number of hydrogen-bond acceptors (Lipinski definition) is 2. The van der Waals surface area contributed by atoms with E-state index in [9.17, 15) is 4.79 Å². The topological polar surface area (TPSA) is 60.0 Å². The standard InChI is InChI=1S/C10H17N3O/c1-7(11)6-10(14)12-13-8(2)4-5-9(13)3/h4-5,7H,6,11H2,1-3H3,(H,12,14). The van der Waals surface area contributed by atoms with Gasteiger partial charge in [-0.3, -0.25) is 14.9 Å². The Labute approximate surface area is 84.1 Å². The fourth-order valence-corrected chi connectivity index (χ4v) is 1.31. The van der Waals surface area contributed by atoms with Crippen molar-refractivity contribution in [2.24, 2.45) is 5.73 Å². The van der Waals surface area contributed by atoms with Crippen LogP contribution >= 0.6 is 0 Å². The van der Waals surface area contributed by atoms with Crippen molar-refractivity contribution in [3.05, 3.63) is 23.5 Å². The van der Waals surface area contributed by atoms with Gasteiger partial charge < -0.3 is 5.73 Å². The van der Waals surface area contributed by atoms with Gasteiger partial charge in [0.05, 0.1) is 0 Å². The summed E-state index contributed by atoms with van der Waals surface area (Å²) in [4.78, 5) is 11.4. The molecule has 1 rings (SSSR count). The van der Waals surface area contributed by atoms with Crippen molar-refractivity contribution >= 4 is 5.91 Å². The highest BCUT2D eigenvalue weighted by Crippen LogP contribution is 2.04. The molecule has 1 aromatic heterocycles. The smallest absolute Gasteiger partial charge is 0.240 e. The van der Waals surface area contributed by atoms with Gasteiger partial charge in [-0.2, -0.15) is 0 Å². The molecule has 78 valence electrons. The summed E-state index contributed by atoms with van der Waals surface area (Å²) in [6, 6.07) is 3.81. The van der Waals surface area contributed by atoms with Gasteiger partial charge in [0, 0.05) is 23.9 Å². The molecule has 0 aromatic carbocycles. The van der Waals surface area contributed by atoms with E-state index in [1.165, 1.54) is 0 Å². The molecule has 0 bridgehead atoms. The molecule has 4 heteroatoms. The summed E-state index contributed by atoms with van der Waals surface area (Å²) < 4.78 is 1.77. The Morgan fingerprint density at radius 1 is 1.50 bits per heavy atom. The van der Waals surface area contributed by atoms with Crippen molar-refractivity contribution in [2.75, 3.05) is 5.43 Å². The molecule has 0 aliphatic heterocycles. The summed E-state index contributed by atoms with van der Waals surface area (Å²) in [6.07, 6.45) is 0.344. The molecule has 4 nitrogen and oxygen atoms in total. The van der Waals surface area contributed by atoms with Gasteiger partial charge in [-0.05, 0) is 32.9 Å². The molecule has 0 fully saturated rings. The lowest BCUT2D eigenvalue weighted by Gasteiger charge is -2.12. The first kappa shape index (κ1) is 10.8. The second kappa shape index (κ2) is 4.28. The van der Waals surface area contributed by atoms with E-state index >= 15 is 0 Å². The van der Waals surface area contributed by atoms with Crippen LogP contribution in [0.2, 0.25) is 0 Å². The van der Waals surface area contributed by atoms with Crippen molar-refractivity contribution < 1.29 is 4.79 Å². The summed E-state index contributed by atoms with van der Waals surface area (Å²) in [6.45, 7) is 5.70. The third kappa shape index (κ3) is 2.60. The first-order chi connectivity index (χ1) is 6.50. The molecule has 1 unspecified atom stereocenters. The van der Waals surface area contributed by atoms with Gasteiger partial charge in [-0.1, -0.05) is 0 Å². The van der Waals surface area contributed by atoms with E-state index in [-0.39, 0.29) is 11.9 Å². The van der Waals surface area contributed by atoms with Crippen LogP contribution in [0.1, 0.15) is 24.7 Å². The Morgan fingerprint density at radius 2 is 2.00 bits per heavy atom. The number of nitrogens with zero attached hydrogens (tertiary/aromatic N) is 1. The van der Waals surface area contributed by atoms with Gasteiger partial charge in [-0.15, -0.1) is 0 Å². The van der Waals surface area contributed by atoms with Crippen molar-refractivity contribution in [2.45, 2.75) is 33.2 Å². The van der Waals surface area contributed by atoms with Crippen LogP contribution in [0.25, 0.3) is 0 Å². The fourth-order valence-electron chi connectivity index (χ4n) is 1.31. The number of carbonyl (C=O) groups is 1. The van der Waals surface area contributed by atoms with Crippen molar-refractivity contribution in [3.8, 4) is 0 Å². The minimum absolute atomic E-state index is 0.0533. The lowest BCUT2D eigenvalue weighted by atomic mass is 10.2. The molecule has 0 spiro atoms. The highest BCUT2D eigenvalue weighted by molar-refractivity contribution is 5.84. The molecule has 3 N–H and O–H groups in total. The molecule has 1 amide bonds. The van der Waals surface area contributed by atoms with E-state index in [1.807, 2.05) is 32.9 Å². The molecule has 0 radical (unpaired) electrons. The zero-order valence-electron chi connectivity index (χ0n) is 8.87. The predicted octanol–water partition coefficient (Wildman–Crippen LogP) is 0.912. The molecular formula is C10H17N3O. The minimum atomic E-state index is -0.105. The van der Waals surface area contributed by atoms with Crippen LogP contribution in [0.5, 0.6) is 0 Å². The van der Waals surface area contributed by atoms with Gasteiger partial charge in [0.15, 0.2) is 0 Å².